The van der Waals surface area contributed by atoms with E-state index >= 15 is 0 Å². The van der Waals surface area contributed by atoms with Crippen LogP contribution in [0.4, 0.5) is 10.1 Å². The topological polar surface area (TPSA) is 87.5 Å². The zero-order valence-electron chi connectivity index (χ0n) is 23.5. The normalized spacial score (nSPS) is 11.3. The zero-order chi connectivity index (χ0) is 29.1. The molecule has 5 aromatic rings. The van der Waals surface area contributed by atoms with Crippen molar-refractivity contribution in [3.05, 3.63) is 114 Å². The molecule has 0 spiro atoms. The van der Waals surface area contributed by atoms with Crippen molar-refractivity contribution in [2.24, 2.45) is 0 Å². The predicted molar refractivity (Wildman–Crippen MR) is 161 cm³/mol. The number of aromatic nitrogens is 2. The van der Waals surface area contributed by atoms with Crippen LogP contribution in [0.15, 0.2) is 91.1 Å². The summed E-state index contributed by atoms with van der Waals surface area (Å²) >= 11 is 0. The molecule has 8 heteroatoms. The number of carbonyl (C=O) groups excluding carboxylic acids is 2. The third-order valence-electron chi connectivity index (χ3n) is 7.07. The molecule has 2 heterocycles. The summed E-state index contributed by atoms with van der Waals surface area (Å²) in [6, 6.07) is 25.0. The number of rotatable bonds is 8. The Morgan fingerprint density at radius 2 is 1.63 bits per heavy atom. The van der Waals surface area contributed by atoms with Crippen LogP contribution < -0.4 is 16.0 Å². The first kappa shape index (κ1) is 27.6. The molecule has 0 radical (unpaired) electrons. The lowest BCUT2D eigenvalue weighted by Gasteiger charge is -2.27. The highest BCUT2D eigenvalue weighted by molar-refractivity contribution is 6.07. The molecular weight excluding hydrogens is 517 g/mol. The molecule has 0 aliphatic heterocycles. The first-order valence-electron chi connectivity index (χ1n) is 13.5. The van der Waals surface area contributed by atoms with Gasteiger partial charge in [0.05, 0.1) is 28.5 Å². The molecule has 0 atom stereocenters. The monoisotopic (exact) mass is 549 g/mol. The van der Waals surface area contributed by atoms with Gasteiger partial charge >= 0.3 is 0 Å². The van der Waals surface area contributed by atoms with E-state index in [1.807, 2.05) is 81.6 Å². The highest BCUT2D eigenvalue weighted by Crippen LogP contribution is 2.34. The highest BCUT2D eigenvalue weighted by Gasteiger charge is 2.25. The van der Waals surface area contributed by atoms with Crippen LogP contribution in [0.1, 0.15) is 47.1 Å². The number of hydrogen-bond donors (Lipinski definition) is 3. The van der Waals surface area contributed by atoms with Crippen LogP contribution in [0.2, 0.25) is 0 Å². The fourth-order valence-corrected chi connectivity index (χ4v) is 4.93. The Morgan fingerprint density at radius 1 is 0.902 bits per heavy atom. The Balaban J connectivity index is 1.60. The summed E-state index contributed by atoms with van der Waals surface area (Å²) in [5.74, 6) is -0.870. The third-order valence-corrected chi connectivity index (χ3v) is 7.07. The fourth-order valence-electron chi connectivity index (χ4n) is 4.93. The van der Waals surface area contributed by atoms with Gasteiger partial charge in [0.2, 0.25) is 0 Å². The van der Waals surface area contributed by atoms with E-state index < -0.39 is 5.54 Å². The average molecular weight is 550 g/mol. The lowest BCUT2D eigenvalue weighted by Crippen LogP contribution is -2.40. The van der Waals surface area contributed by atoms with E-state index in [0.717, 1.165) is 22.4 Å². The second kappa shape index (κ2) is 11.3. The summed E-state index contributed by atoms with van der Waals surface area (Å²) in [7, 11) is 1.56. The van der Waals surface area contributed by atoms with Gasteiger partial charge in [0.25, 0.3) is 11.8 Å². The molecule has 0 fully saturated rings. The van der Waals surface area contributed by atoms with Crippen molar-refractivity contribution in [2.75, 3.05) is 18.9 Å². The Morgan fingerprint density at radius 3 is 2.32 bits per heavy atom. The van der Waals surface area contributed by atoms with Crippen molar-refractivity contribution >= 4 is 23.0 Å². The van der Waals surface area contributed by atoms with Crippen LogP contribution in [0, 0.1) is 5.82 Å². The quantitative estimate of drug-likeness (QED) is 0.213. The number of pyridine rings is 1. The fraction of sp³-hybridized carbons (Fsp3) is 0.182. The van der Waals surface area contributed by atoms with Crippen LogP contribution in [0.3, 0.4) is 0 Å². The van der Waals surface area contributed by atoms with Crippen molar-refractivity contribution in [2.45, 2.75) is 26.3 Å². The van der Waals surface area contributed by atoms with Gasteiger partial charge in [-0.25, -0.2) is 8.91 Å². The van der Waals surface area contributed by atoms with E-state index in [4.69, 9.17) is 5.10 Å². The number of halogens is 1. The average Bonchev–Trinajstić information content (AvgIpc) is 3.35. The number of nitrogens with zero attached hydrogens (tertiary/aromatic N) is 2. The van der Waals surface area contributed by atoms with E-state index in [0.29, 0.717) is 34.4 Å². The largest absolute Gasteiger partial charge is 0.384 e. The van der Waals surface area contributed by atoms with Gasteiger partial charge in [-0.15, -0.1) is 0 Å². The standard InChI is InChI=1S/C33H32FN5O2/c1-5-36-27-20-39-28(29(32(41)35-4)30(38-39)21-14-16-25(34)17-15-21)19-26(27)22-10-9-11-23(18-22)31(40)37-33(2,3)24-12-7-6-8-13-24/h6-20,36H,5H2,1-4H3,(H,35,41)(H,37,40). The molecule has 7 nitrogen and oxygen atoms in total. The molecule has 3 aromatic carbocycles. The van der Waals surface area contributed by atoms with Gasteiger partial charge in [0.15, 0.2) is 0 Å². The number of anilines is 1. The van der Waals surface area contributed by atoms with Crippen LogP contribution in [0.25, 0.3) is 27.9 Å². The molecule has 0 unspecified atom stereocenters. The van der Waals surface area contributed by atoms with E-state index in [2.05, 4.69) is 16.0 Å². The number of hydrogen-bond acceptors (Lipinski definition) is 4. The maximum absolute atomic E-state index is 13.6. The predicted octanol–water partition coefficient (Wildman–Crippen LogP) is 6.26. The minimum absolute atomic E-state index is 0.194. The van der Waals surface area contributed by atoms with Gasteiger partial charge in [-0.3, -0.25) is 9.59 Å². The number of carbonyl (C=O) groups is 2. The highest BCUT2D eigenvalue weighted by atomic mass is 19.1. The Hall–Kier alpha value is -4.98. The number of benzene rings is 3. The number of amides is 2. The summed E-state index contributed by atoms with van der Waals surface area (Å²) in [5, 5.41) is 13.9. The maximum atomic E-state index is 13.6. The van der Waals surface area contributed by atoms with Gasteiger partial charge in [0, 0.05) is 30.3 Å². The van der Waals surface area contributed by atoms with Crippen molar-refractivity contribution in [1.29, 1.82) is 0 Å². The lowest BCUT2D eigenvalue weighted by atomic mass is 9.93. The minimum Gasteiger partial charge on any atom is -0.384 e. The first-order chi connectivity index (χ1) is 19.7. The zero-order valence-corrected chi connectivity index (χ0v) is 23.5. The summed E-state index contributed by atoms with van der Waals surface area (Å²) in [5.41, 5.74) is 5.39. The SMILES string of the molecule is CCNc1cn2nc(-c3ccc(F)cc3)c(C(=O)NC)c2cc1-c1cccc(C(=O)NC(C)(C)c2ccccc2)c1. The summed E-state index contributed by atoms with van der Waals surface area (Å²) in [6.45, 7) is 6.59. The number of nitrogens with one attached hydrogen (secondary N) is 3. The summed E-state index contributed by atoms with van der Waals surface area (Å²) in [4.78, 5) is 26.5. The smallest absolute Gasteiger partial charge is 0.255 e. The Kier molecular flexibility index (Phi) is 7.57. The van der Waals surface area contributed by atoms with Gasteiger partial charge in [-0.2, -0.15) is 5.10 Å². The van der Waals surface area contributed by atoms with Crippen molar-refractivity contribution < 1.29 is 14.0 Å². The van der Waals surface area contributed by atoms with E-state index in [-0.39, 0.29) is 17.6 Å². The van der Waals surface area contributed by atoms with Gasteiger partial charge in [-0.05, 0) is 74.4 Å². The van der Waals surface area contributed by atoms with E-state index in [1.165, 1.54) is 12.1 Å². The van der Waals surface area contributed by atoms with Crippen molar-refractivity contribution in [1.82, 2.24) is 20.2 Å². The second-order valence-electron chi connectivity index (χ2n) is 10.3. The van der Waals surface area contributed by atoms with Crippen molar-refractivity contribution in [3.8, 4) is 22.4 Å². The second-order valence-corrected chi connectivity index (χ2v) is 10.3. The van der Waals surface area contributed by atoms with E-state index in [1.54, 1.807) is 29.8 Å². The molecule has 208 valence electrons. The third kappa shape index (κ3) is 5.54. The Bertz CT molecular complexity index is 1730. The van der Waals surface area contributed by atoms with Crippen LogP contribution >= 0.6 is 0 Å². The van der Waals surface area contributed by atoms with E-state index in [9.17, 15) is 14.0 Å². The van der Waals surface area contributed by atoms with Crippen LogP contribution in [-0.2, 0) is 5.54 Å². The van der Waals surface area contributed by atoms with Gasteiger partial charge in [0.1, 0.15) is 11.5 Å². The van der Waals surface area contributed by atoms with Crippen LogP contribution in [-0.4, -0.2) is 35.0 Å². The molecule has 0 saturated carbocycles. The molecule has 0 bridgehead atoms. The van der Waals surface area contributed by atoms with Gasteiger partial charge in [-0.1, -0.05) is 42.5 Å². The lowest BCUT2D eigenvalue weighted by molar-refractivity contribution is 0.0910. The minimum atomic E-state index is -0.570. The Labute approximate surface area is 238 Å². The maximum Gasteiger partial charge on any atom is 0.255 e. The summed E-state index contributed by atoms with van der Waals surface area (Å²) in [6.07, 6.45) is 1.83. The molecule has 0 aliphatic rings. The molecule has 41 heavy (non-hydrogen) atoms. The molecular formula is C33H32FN5O2. The van der Waals surface area contributed by atoms with Crippen molar-refractivity contribution in [3.63, 3.8) is 0 Å². The summed E-state index contributed by atoms with van der Waals surface area (Å²) < 4.78 is 15.3. The van der Waals surface area contributed by atoms with Gasteiger partial charge < -0.3 is 16.0 Å². The molecule has 0 saturated heterocycles. The molecule has 3 N–H and O–H groups in total. The molecule has 2 aromatic heterocycles. The first-order valence-corrected chi connectivity index (χ1v) is 13.5. The molecule has 2 amide bonds. The van der Waals surface area contributed by atoms with Crippen LogP contribution in [0.5, 0.6) is 0 Å². The molecule has 0 aliphatic carbocycles. The molecule has 5 rings (SSSR count). The number of fused-ring (bicyclic) bond motifs is 1.